The summed E-state index contributed by atoms with van der Waals surface area (Å²) in [6.45, 7) is 17.9. The highest BCUT2D eigenvalue weighted by atomic mass is 15.3. The van der Waals surface area contributed by atoms with E-state index in [1.807, 2.05) is 12.2 Å². The third-order valence-electron chi connectivity index (χ3n) is 6.23. The highest BCUT2D eigenvalue weighted by Gasteiger charge is 2.36. The number of hydrogen-bond acceptors (Lipinski definition) is 2. The lowest BCUT2D eigenvalue weighted by Crippen LogP contribution is -2.51. The van der Waals surface area contributed by atoms with E-state index in [9.17, 15) is 0 Å². The molecule has 0 bridgehead atoms. The van der Waals surface area contributed by atoms with E-state index in [-0.39, 0.29) is 5.41 Å². The SMILES string of the molecule is C=C/C1=C(C=C)/C(C(C)(C)CC)=C(/N)c2ccccc2[N+](C)(CCN(C)C)C1. The molecular weight excluding hydrogens is 342 g/mol. The predicted octanol–water partition coefficient (Wildman–Crippen LogP) is 4.97. The van der Waals surface area contributed by atoms with Crippen LogP contribution in [0.4, 0.5) is 5.69 Å². The lowest BCUT2D eigenvalue weighted by molar-refractivity contribution is 0.295. The van der Waals surface area contributed by atoms with Crippen LogP contribution in [-0.4, -0.2) is 45.7 Å². The Balaban J connectivity index is 2.89. The van der Waals surface area contributed by atoms with Crippen molar-refractivity contribution in [3.05, 3.63) is 71.9 Å². The monoisotopic (exact) mass is 380 g/mol. The van der Waals surface area contributed by atoms with Crippen LogP contribution in [0.25, 0.3) is 5.70 Å². The summed E-state index contributed by atoms with van der Waals surface area (Å²) in [7, 11) is 6.55. The fourth-order valence-corrected chi connectivity index (χ4v) is 4.09. The zero-order valence-corrected chi connectivity index (χ0v) is 18.7. The third kappa shape index (κ3) is 4.16. The van der Waals surface area contributed by atoms with E-state index in [0.717, 1.165) is 47.4 Å². The molecule has 2 N–H and O–H groups in total. The van der Waals surface area contributed by atoms with Crippen LogP contribution in [0.3, 0.4) is 0 Å². The number of benzene rings is 1. The second kappa shape index (κ2) is 8.50. The fraction of sp³-hybridized carbons (Fsp3) is 0.440. The number of likely N-dealkylation sites (N-methyl/N-ethyl adjacent to an activating group) is 2. The van der Waals surface area contributed by atoms with Gasteiger partial charge in [0, 0.05) is 17.8 Å². The Morgan fingerprint density at radius 1 is 1.18 bits per heavy atom. The first-order valence-corrected chi connectivity index (χ1v) is 10.2. The molecule has 28 heavy (non-hydrogen) atoms. The minimum absolute atomic E-state index is 0.0562. The van der Waals surface area contributed by atoms with Gasteiger partial charge in [-0.3, -0.25) is 4.48 Å². The van der Waals surface area contributed by atoms with Crippen molar-refractivity contribution >= 4 is 11.4 Å². The Hall–Kier alpha value is -2.10. The molecule has 0 aromatic heterocycles. The summed E-state index contributed by atoms with van der Waals surface area (Å²) in [6.07, 6.45) is 4.97. The maximum absolute atomic E-state index is 6.92. The van der Waals surface area contributed by atoms with Crippen molar-refractivity contribution < 1.29 is 0 Å². The van der Waals surface area contributed by atoms with Crippen molar-refractivity contribution in [2.75, 3.05) is 40.8 Å². The molecule has 0 radical (unpaired) electrons. The van der Waals surface area contributed by atoms with Crippen molar-refractivity contribution in [1.29, 1.82) is 0 Å². The van der Waals surface area contributed by atoms with Crippen LogP contribution >= 0.6 is 0 Å². The summed E-state index contributed by atoms with van der Waals surface area (Å²) in [5.41, 5.74) is 13.7. The largest absolute Gasteiger partial charge is 0.398 e. The number of nitrogens with two attached hydrogens (primary N) is 1. The zero-order valence-electron chi connectivity index (χ0n) is 18.7. The van der Waals surface area contributed by atoms with E-state index in [4.69, 9.17) is 5.73 Å². The lowest BCUT2D eigenvalue weighted by Gasteiger charge is -2.40. The number of nitrogens with zero attached hydrogens (tertiary/aromatic N) is 2. The molecule has 1 heterocycles. The second-order valence-electron chi connectivity index (χ2n) is 8.97. The van der Waals surface area contributed by atoms with Crippen molar-refractivity contribution in [1.82, 2.24) is 9.38 Å². The molecule has 0 saturated carbocycles. The summed E-state index contributed by atoms with van der Waals surface area (Å²) in [5, 5.41) is 0. The number of allylic oxidation sites excluding steroid dienone is 3. The van der Waals surface area contributed by atoms with Crippen LogP contribution in [0.5, 0.6) is 0 Å². The van der Waals surface area contributed by atoms with E-state index < -0.39 is 0 Å². The average Bonchev–Trinajstić information content (AvgIpc) is 2.67. The first-order chi connectivity index (χ1) is 13.1. The van der Waals surface area contributed by atoms with E-state index in [0.29, 0.717) is 0 Å². The first-order valence-electron chi connectivity index (χ1n) is 10.2. The minimum atomic E-state index is -0.0562. The summed E-state index contributed by atoms with van der Waals surface area (Å²) in [4.78, 5) is 2.24. The van der Waals surface area contributed by atoms with Crippen molar-refractivity contribution in [2.24, 2.45) is 11.1 Å². The number of fused-ring (bicyclic) bond motifs is 1. The van der Waals surface area contributed by atoms with Crippen LogP contribution in [-0.2, 0) is 0 Å². The zero-order chi connectivity index (χ0) is 21.1. The van der Waals surface area contributed by atoms with Gasteiger partial charge in [-0.25, -0.2) is 0 Å². The summed E-state index contributed by atoms with van der Waals surface area (Å²) in [5.74, 6) is 0. The molecule has 152 valence electrons. The molecule has 1 aromatic carbocycles. The number of quaternary nitrogens is 1. The first kappa shape index (κ1) is 22.2. The number of hydrogen-bond donors (Lipinski definition) is 1. The van der Waals surface area contributed by atoms with Gasteiger partial charge in [0.15, 0.2) is 0 Å². The van der Waals surface area contributed by atoms with E-state index in [1.165, 1.54) is 16.8 Å². The van der Waals surface area contributed by atoms with Gasteiger partial charge in [-0.1, -0.05) is 58.2 Å². The average molecular weight is 381 g/mol. The molecule has 0 fully saturated rings. The molecule has 1 unspecified atom stereocenters. The summed E-state index contributed by atoms with van der Waals surface area (Å²) < 4.78 is 0.785. The Morgan fingerprint density at radius 2 is 1.82 bits per heavy atom. The van der Waals surface area contributed by atoms with E-state index in [1.54, 1.807) is 0 Å². The van der Waals surface area contributed by atoms with Gasteiger partial charge >= 0.3 is 0 Å². The van der Waals surface area contributed by atoms with E-state index in [2.05, 4.69) is 84.2 Å². The van der Waals surface area contributed by atoms with Gasteiger partial charge in [-0.2, -0.15) is 0 Å². The molecule has 3 heteroatoms. The Kier molecular flexibility index (Phi) is 6.74. The second-order valence-corrected chi connectivity index (χ2v) is 8.97. The Labute approximate surface area is 172 Å². The lowest BCUT2D eigenvalue weighted by atomic mass is 9.74. The maximum atomic E-state index is 6.92. The van der Waals surface area contributed by atoms with Gasteiger partial charge in [0.1, 0.15) is 12.2 Å². The minimum Gasteiger partial charge on any atom is -0.398 e. The summed E-state index contributed by atoms with van der Waals surface area (Å²) >= 11 is 0. The van der Waals surface area contributed by atoms with Crippen LogP contribution < -0.4 is 10.2 Å². The highest BCUT2D eigenvalue weighted by Crippen LogP contribution is 2.44. The molecule has 1 atom stereocenters. The predicted molar refractivity (Wildman–Crippen MR) is 125 cm³/mol. The quantitative estimate of drug-likeness (QED) is 0.677. The standard InChI is InChI=1S/C25H38N3/c1-9-19-18-28(8,17-16-27(6)7)22-15-13-12-14-21(22)24(26)23(20(19)10-2)25(4,5)11-3/h9-10,12-15H,1-2,11,16-18,26H2,3-8H3/q+1/b20-19-,24-23-. The Morgan fingerprint density at radius 3 is 2.36 bits per heavy atom. The van der Waals surface area contributed by atoms with Crippen LogP contribution in [0, 0.1) is 5.41 Å². The number of rotatable bonds is 7. The molecule has 0 amide bonds. The summed E-state index contributed by atoms with van der Waals surface area (Å²) in [6, 6.07) is 8.61. The molecule has 1 aliphatic rings. The normalized spacial score (nSPS) is 25.8. The van der Waals surface area contributed by atoms with Gasteiger partial charge in [0.2, 0.25) is 0 Å². The molecule has 2 rings (SSSR count). The van der Waals surface area contributed by atoms with Crippen LogP contribution in [0.15, 0.2) is 66.3 Å². The Bertz CT molecular complexity index is 811. The molecule has 1 aliphatic heterocycles. The fourth-order valence-electron chi connectivity index (χ4n) is 4.09. The molecular formula is C25H38N3+. The molecule has 3 nitrogen and oxygen atoms in total. The highest BCUT2D eigenvalue weighted by molar-refractivity contribution is 5.81. The van der Waals surface area contributed by atoms with Crippen molar-refractivity contribution in [2.45, 2.75) is 27.2 Å². The van der Waals surface area contributed by atoms with Crippen molar-refractivity contribution in [3.63, 3.8) is 0 Å². The van der Waals surface area contributed by atoms with Gasteiger partial charge < -0.3 is 10.6 Å². The topological polar surface area (TPSA) is 29.3 Å². The van der Waals surface area contributed by atoms with Crippen LogP contribution in [0.1, 0.15) is 32.8 Å². The van der Waals surface area contributed by atoms with Crippen molar-refractivity contribution in [3.8, 4) is 0 Å². The molecule has 0 saturated heterocycles. The van der Waals surface area contributed by atoms with Gasteiger partial charge in [-0.05, 0) is 49.2 Å². The number of para-hydroxylation sites is 1. The van der Waals surface area contributed by atoms with Gasteiger partial charge in [0.25, 0.3) is 0 Å². The van der Waals surface area contributed by atoms with Gasteiger partial charge in [-0.15, -0.1) is 0 Å². The molecule has 0 spiro atoms. The smallest absolute Gasteiger partial charge is 0.142 e. The molecule has 1 aromatic rings. The molecule has 0 aliphatic carbocycles. The maximum Gasteiger partial charge on any atom is 0.142 e. The van der Waals surface area contributed by atoms with E-state index >= 15 is 0 Å². The third-order valence-corrected chi connectivity index (χ3v) is 6.23. The van der Waals surface area contributed by atoms with Crippen LogP contribution in [0.2, 0.25) is 0 Å². The van der Waals surface area contributed by atoms with Gasteiger partial charge in [0.05, 0.1) is 19.2 Å².